The van der Waals surface area contributed by atoms with Gasteiger partial charge in [0.05, 0.1) is 17.5 Å². The van der Waals surface area contributed by atoms with Gasteiger partial charge in [0.15, 0.2) is 0 Å². The maximum Gasteiger partial charge on any atom is 0.332 e. The van der Waals surface area contributed by atoms with E-state index in [1.54, 1.807) is 0 Å². The number of carbonyl (C=O) groups is 2. The van der Waals surface area contributed by atoms with E-state index in [9.17, 15) is 19.2 Å². The molecular weight excluding hydrogens is 362 g/mol. The van der Waals surface area contributed by atoms with Gasteiger partial charge in [-0.2, -0.15) is 0 Å². The molecule has 3 aromatic rings. The molecule has 0 aliphatic heterocycles. The van der Waals surface area contributed by atoms with Crippen molar-refractivity contribution in [1.29, 1.82) is 0 Å². The number of carbonyl (C=O) groups excluding carboxylic acids is 2. The zero-order chi connectivity index (χ0) is 20.3. The monoisotopic (exact) mass is 381 g/mol. The van der Waals surface area contributed by atoms with Gasteiger partial charge >= 0.3 is 5.69 Å². The summed E-state index contributed by atoms with van der Waals surface area (Å²) in [5.41, 5.74) is 0.213. The van der Waals surface area contributed by atoms with Gasteiger partial charge in [0.2, 0.25) is 5.91 Å². The van der Waals surface area contributed by atoms with Crippen LogP contribution in [0.25, 0.3) is 11.0 Å². The molecule has 0 saturated carbocycles. The molecule has 0 radical (unpaired) electrons. The number of fused-ring (bicyclic) bond motifs is 1. The Morgan fingerprint density at radius 3 is 2.46 bits per heavy atom. The lowest BCUT2D eigenvalue weighted by molar-refractivity contribution is -0.120. The van der Waals surface area contributed by atoms with E-state index in [1.165, 1.54) is 30.9 Å². The molecule has 3 rings (SSSR count). The molecular formula is C19H19N5O4. The van der Waals surface area contributed by atoms with Crippen molar-refractivity contribution < 1.29 is 9.59 Å². The van der Waals surface area contributed by atoms with Gasteiger partial charge in [-0.1, -0.05) is 30.3 Å². The lowest BCUT2D eigenvalue weighted by Crippen LogP contribution is -2.38. The van der Waals surface area contributed by atoms with Gasteiger partial charge < -0.3 is 10.6 Å². The molecule has 9 heteroatoms. The predicted molar refractivity (Wildman–Crippen MR) is 103 cm³/mol. The Bertz CT molecular complexity index is 1160. The number of benzene rings is 1. The number of amides is 2. The summed E-state index contributed by atoms with van der Waals surface area (Å²) in [6.45, 7) is 0.145. The van der Waals surface area contributed by atoms with E-state index in [-0.39, 0.29) is 29.0 Å². The van der Waals surface area contributed by atoms with Crippen LogP contribution in [0.15, 0.2) is 52.2 Å². The van der Waals surface area contributed by atoms with E-state index in [0.717, 1.165) is 10.1 Å². The van der Waals surface area contributed by atoms with E-state index in [4.69, 9.17) is 0 Å². The number of aryl methyl sites for hydroxylation is 1. The summed E-state index contributed by atoms with van der Waals surface area (Å²) in [7, 11) is 2.85. The zero-order valence-corrected chi connectivity index (χ0v) is 15.4. The van der Waals surface area contributed by atoms with Crippen molar-refractivity contribution in [1.82, 2.24) is 24.8 Å². The normalized spacial score (nSPS) is 10.6. The van der Waals surface area contributed by atoms with Gasteiger partial charge in [0, 0.05) is 26.8 Å². The van der Waals surface area contributed by atoms with E-state index < -0.39 is 17.2 Å². The Labute approximate surface area is 159 Å². The summed E-state index contributed by atoms with van der Waals surface area (Å²) in [6.07, 6.45) is 1.26. The molecule has 0 bridgehead atoms. The maximum absolute atomic E-state index is 12.3. The minimum atomic E-state index is -0.542. The van der Waals surface area contributed by atoms with E-state index in [1.807, 2.05) is 30.3 Å². The maximum atomic E-state index is 12.3. The van der Waals surface area contributed by atoms with Gasteiger partial charge in [0.25, 0.3) is 11.5 Å². The fraction of sp³-hybridized carbons (Fsp3) is 0.211. The van der Waals surface area contributed by atoms with Crippen molar-refractivity contribution in [2.24, 2.45) is 14.1 Å². The highest BCUT2D eigenvalue weighted by Crippen LogP contribution is 2.07. The third-order valence-electron chi connectivity index (χ3n) is 4.30. The van der Waals surface area contributed by atoms with Gasteiger partial charge in [-0.05, 0) is 11.6 Å². The summed E-state index contributed by atoms with van der Waals surface area (Å²) < 4.78 is 2.18. The molecule has 28 heavy (non-hydrogen) atoms. The molecule has 0 aliphatic carbocycles. The van der Waals surface area contributed by atoms with Crippen molar-refractivity contribution in [2.75, 3.05) is 6.54 Å². The fourth-order valence-corrected chi connectivity index (χ4v) is 2.71. The van der Waals surface area contributed by atoms with Crippen LogP contribution in [-0.4, -0.2) is 32.5 Å². The molecule has 2 N–H and O–H groups in total. The van der Waals surface area contributed by atoms with Gasteiger partial charge in [-0.15, -0.1) is 0 Å². The highest BCUT2D eigenvalue weighted by molar-refractivity contribution is 5.98. The first-order valence-electron chi connectivity index (χ1n) is 8.53. The molecule has 9 nitrogen and oxygen atoms in total. The van der Waals surface area contributed by atoms with Gasteiger partial charge in [-0.25, -0.2) is 9.78 Å². The first-order chi connectivity index (χ1) is 13.4. The van der Waals surface area contributed by atoms with Gasteiger partial charge in [-0.3, -0.25) is 23.5 Å². The molecule has 0 atom stereocenters. The Hall–Kier alpha value is -3.75. The Kier molecular flexibility index (Phi) is 5.35. The van der Waals surface area contributed by atoms with Crippen LogP contribution < -0.4 is 21.9 Å². The summed E-state index contributed by atoms with van der Waals surface area (Å²) in [4.78, 5) is 52.5. The standard InChI is InChI=1S/C19H19N5O4/c1-23-16-14(18(27)24(2)19(23)28)8-13(10-21-16)17(26)22-11-15(25)20-9-12-6-4-3-5-7-12/h3-8,10H,9,11H2,1-2H3,(H,20,25)(H,22,26). The van der Waals surface area contributed by atoms with Crippen LogP contribution in [0.2, 0.25) is 0 Å². The highest BCUT2D eigenvalue weighted by atomic mass is 16.2. The van der Waals surface area contributed by atoms with E-state index in [2.05, 4.69) is 15.6 Å². The third-order valence-corrected chi connectivity index (χ3v) is 4.30. The Morgan fingerprint density at radius 1 is 1.04 bits per heavy atom. The molecule has 0 unspecified atom stereocenters. The van der Waals surface area contributed by atoms with Crippen LogP contribution in [0.5, 0.6) is 0 Å². The first kappa shape index (κ1) is 19.0. The summed E-state index contributed by atoms with van der Waals surface area (Å²) in [5, 5.41) is 5.34. The topological polar surface area (TPSA) is 115 Å². The average Bonchev–Trinajstić information content (AvgIpc) is 2.73. The largest absolute Gasteiger partial charge is 0.350 e. The SMILES string of the molecule is Cn1c(=O)c2cc(C(=O)NCC(=O)NCc3ccccc3)cnc2n(C)c1=O. The average molecular weight is 381 g/mol. The Morgan fingerprint density at radius 2 is 1.75 bits per heavy atom. The van der Waals surface area contributed by atoms with Crippen molar-refractivity contribution in [3.8, 4) is 0 Å². The van der Waals surface area contributed by atoms with Crippen LogP contribution in [0.3, 0.4) is 0 Å². The second-order valence-electron chi connectivity index (χ2n) is 6.25. The first-order valence-corrected chi connectivity index (χ1v) is 8.53. The molecule has 2 heterocycles. The number of rotatable bonds is 5. The molecule has 0 fully saturated rings. The molecule has 2 amide bonds. The number of pyridine rings is 1. The fourth-order valence-electron chi connectivity index (χ4n) is 2.71. The number of hydrogen-bond acceptors (Lipinski definition) is 5. The van der Waals surface area contributed by atoms with Crippen LogP contribution in [0.1, 0.15) is 15.9 Å². The summed E-state index contributed by atoms with van der Waals surface area (Å²) >= 11 is 0. The van der Waals surface area contributed by atoms with Crippen LogP contribution >= 0.6 is 0 Å². The van der Waals surface area contributed by atoms with Gasteiger partial charge in [0.1, 0.15) is 5.65 Å². The second kappa shape index (κ2) is 7.87. The van der Waals surface area contributed by atoms with Crippen molar-refractivity contribution in [2.45, 2.75) is 6.54 Å². The summed E-state index contributed by atoms with van der Waals surface area (Å²) in [5.74, 6) is -0.885. The molecule has 0 aliphatic rings. The molecule has 2 aromatic heterocycles. The lowest BCUT2D eigenvalue weighted by atomic mass is 10.2. The zero-order valence-electron chi connectivity index (χ0n) is 15.4. The van der Waals surface area contributed by atoms with E-state index in [0.29, 0.717) is 6.54 Å². The number of aromatic nitrogens is 3. The number of nitrogens with zero attached hydrogens (tertiary/aromatic N) is 3. The van der Waals surface area contributed by atoms with Crippen LogP contribution in [0, 0.1) is 0 Å². The lowest BCUT2D eigenvalue weighted by Gasteiger charge is -2.09. The molecule has 1 aromatic carbocycles. The summed E-state index contributed by atoms with van der Waals surface area (Å²) in [6, 6.07) is 10.8. The quantitative estimate of drug-likeness (QED) is 0.628. The highest BCUT2D eigenvalue weighted by Gasteiger charge is 2.14. The second-order valence-corrected chi connectivity index (χ2v) is 6.25. The van der Waals surface area contributed by atoms with Crippen molar-refractivity contribution in [3.63, 3.8) is 0 Å². The minimum absolute atomic E-state index is 0.124. The number of nitrogens with one attached hydrogen (secondary N) is 2. The molecule has 0 spiro atoms. The Balaban J connectivity index is 1.69. The van der Waals surface area contributed by atoms with E-state index >= 15 is 0 Å². The van der Waals surface area contributed by atoms with Crippen LogP contribution in [-0.2, 0) is 25.4 Å². The minimum Gasteiger partial charge on any atom is -0.350 e. The number of hydrogen-bond donors (Lipinski definition) is 2. The molecule has 144 valence electrons. The van der Waals surface area contributed by atoms with Crippen molar-refractivity contribution in [3.05, 3.63) is 74.6 Å². The van der Waals surface area contributed by atoms with Crippen LogP contribution in [0.4, 0.5) is 0 Å². The van der Waals surface area contributed by atoms with Crippen molar-refractivity contribution >= 4 is 22.8 Å². The smallest absolute Gasteiger partial charge is 0.332 e. The molecule has 0 saturated heterocycles. The third kappa shape index (κ3) is 3.83. The predicted octanol–water partition coefficient (Wildman–Crippen LogP) is -0.322.